The molecule has 0 aromatic heterocycles. The largest absolute Gasteiger partial charge is 0.508 e. The van der Waals surface area contributed by atoms with Crippen molar-refractivity contribution in [3.63, 3.8) is 0 Å². The second-order valence-corrected chi connectivity index (χ2v) is 5.99. The molecule has 0 spiro atoms. The second kappa shape index (κ2) is 7.70. The number of nitrogens with zero attached hydrogens (tertiary/aromatic N) is 3. The van der Waals surface area contributed by atoms with Gasteiger partial charge in [0.15, 0.2) is 0 Å². The summed E-state index contributed by atoms with van der Waals surface area (Å²) in [6, 6.07) is 14.8. The zero-order valence-electron chi connectivity index (χ0n) is 14.1. The van der Waals surface area contributed by atoms with E-state index in [9.17, 15) is 19.6 Å². The van der Waals surface area contributed by atoms with Crippen LogP contribution in [0.25, 0.3) is 6.08 Å². The molecule has 1 fully saturated rings. The first-order chi connectivity index (χ1) is 12.6. The fourth-order valence-corrected chi connectivity index (χ4v) is 2.91. The van der Waals surface area contributed by atoms with Crippen molar-refractivity contribution in [2.75, 3.05) is 31.1 Å². The van der Waals surface area contributed by atoms with Crippen molar-refractivity contribution < 1.29 is 14.3 Å². The number of rotatable bonds is 3. The molecule has 1 amide bonds. The number of carbonyl (C=O) groups excluding carboxylic acids is 1. The molecule has 26 heavy (non-hydrogen) atoms. The summed E-state index contributed by atoms with van der Waals surface area (Å²) in [7, 11) is 0. The molecule has 0 saturated carbocycles. The maximum Gasteiger partial charge on any atom is 0.264 e. The van der Waals surface area contributed by atoms with Crippen molar-refractivity contribution in [3.8, 4) is 11.8 Å². The molecule has 0 atom stereocenters. The summed E-state index contributed by atoms with van der Waals surface area (Å²) in [6.45, 7) is 1.85. The van der Waals surface area contributed by atoms with Gasteiger partial charge in [0.25, 0.3) is 5.91 Å². The Morgan fingerprint density at radius 2 is 1.73 bits per heavy atom. The topological polar surface area (TPSA) is 67.6 Å². The highest BCUT2D eigenvalue weighted by Gasteiger charge is 2.24. The van der Waals surface area contributed by atoms with Gasteiger partial charge in [0.05, 0.1) is 5.69 Å². The minimum atomic E-state index is -0.339. The Morgan fingerprint density at radius 1 is 1.08 bits per heavy atom. The Kier molecular flexibility index (Phi) is 5.18. The minimum absolute atomic E-state index is 0.0371. The first-order valence-electron chi connectivity index (χ1n) is 8.28. The summed E-state index contributed by atoms with van der Waals surface area (Å²) in [5, 5.41) is 18.6. The number of piperazine rings is 1. The first kappa shape index (κ1) is 17.5. The number of nitriles is 1. The van der Waals surface area contributed by atoms with E-state index in [1.165, 1.54) is 24.3 Å². The third-order valence-electron chi connectivity index (χ3n) is 4.31. The van der Waals surface area contributed by atoms with E-state index in [-0.39, 0.29) is 23.0 Å². The molecule has 0 aliphatic carbocycles. The molecule has 1 saturated heterocycles. The lowest BCUT2D eigenvalue weighted by Gasteiger charge is -2.36. The molecule has 132 valence electrons. The van der Waals surface area contributed by atoms with Gasteiger partial charge >= 0.3 is 0 Å². The molecule has 1 aliphatic heterocycles. The number of aromatic hydroxyl groups is 1. The van der Waals surface area contributed by atoms with Crippen LogP contribution < -0.4 is 4.90 Å². The van der Waals surface area contributed by atoms with Crippen molar-refractivity contribution in [1.29, 1.82) is 5.26 Å². The summed E-state index contributed by atoms with van der Waals surface area (Å²) in [5.74, 6) is -0.498. The number of hydrogen-bond acceptors (Lipinski definition) is 4. The lowest BCUT2D eigenvalue weighted by atomic mass is 10.1. The number of amides is 1. The molecular formula is C20H18FN3O2. The van der Waals surface area contributed by atoms with Crippen LogP contribution in [0.15, 0.2) is 54.1 Å². The second-order valence-electron chi connectivity index (χ2n) is 5.99. The van der Waals surface area contributed by atoms with Crippen LogP contribution in [-0.4, -0.2) is 42.1 Å². The summed E-state index contributed by atoms with van der Waals surface area (Å²) >= 11 is 0. The molecule has 0 bridgehead atoms. The van der Waals surface area contributed by atoms with E-state index in [2.05, 4.69) is 0 Å². The van der Waals surface area contributed by atoms with E-state index in [0.717, 1.165) is 0 Å². The number of anilines is 1. The van der Waals surface area contributed by atoms with Crippen molar-refractivity contribution >= 4 is 17.7 Å². The Labute approximate surface area is 151 Å². The van der Waals surface area contributed by atoms with Crippen LogP contribution in [0.4, 0.5) is 10.1 Å². The fourth-order valence-electron chi connectivity index (χ4n) is 2.91. The van der Waals surface area contributed by atoms with E-state index in [0.29, 0.717) is 37.4 Å². The van der Waals surface area contributed by atoms with Gasteiger partial charge in [0.1, 0.15) is 23.2 Å². The molecule has 3 rings (SSSR count). The first-order valence-corrected chi connectivity index (χ1v) is 8.28. The monoisotopic (exact) mass is 351 g/mol. The van der Waals surface area contributed by atoms with Crippen LogP contribution in [0.2, 0.25) is 0 Å². The molecule has 5 nitrogen and oxygen atoms in total. The molecule has 0 radical (unpaired) electrons. The van der Waals surface area contributed by atoms with Crippen LogP contribution in [0.1, 0.15) is 5.56 Å². The molecule has 0 unspecified atom stereocenters. The normalized spacial score (nSPS) is 14.8. The predicted molar refractivity (Wildman–Crippen MR) is 96.9 cm³/mol. The van der Waals surface area contributed by atoms with E-state index in [1.54, 1.807) is 35.2 Å². The average Bonchev–Trinajstić information content (AvgIpc) is 2.67. The van der Waals surface area contributed by atoms with Gasteiger partial charge in [-0.25, -0.2) is 4.39 Å². The number of hydrogen-bond donors (Lipinski definition) is 1. The lowest BCUT2D eigenvalue weighted by Crippen LogP contribution is -2.49. The van der Waals surface area contributed by atoms with Gasteiger partial charge in [-0.3, -0.25) is 4.79 Å². The molecule has 6 heteroatoms. The number of para-hydroxylation sites is 1. The quantitative estimate of drug-likeness (QED) is 0.682. The highest BCUT2D eigenvalue weighted by atomic mass is 19.1. The summed E-state index contributed by atoms with van der Waals surface area (Å²) in [4.78, 5) is 16.1. The highest BCUT2D eigenvalue weighted by molar-refractivity contribution is 6.01. The van der Waals surface area contributed by atoms with E-state index in [4.69, 9.17) is 0 Å². The zero-order chi connectivity index (χ0) is 18.5. The van der Waals surface area contributed by atoms with Crippen molar-refractivity contribution in [2.45, 2.75) is 0 Å². The van der Waals surface area contributed by atoms with Crippen LogP contribution >= 0.6 is 0 Å². The third-order valence-corrected chi connectivity index (χ3v) is 4.31. The molecule has 1 N–H and O–H groups in total. The number of halogens is 1. The Balaban J connectivity index is 1.68. The predicted octanol–water partition coefficient (Wildman–Crippen LogP) is 2.79. The molecule has 2 aromatic rings. The standard InChI is InChI=1S/C20H18FN3O2/c21-18-3-1-2-4-19(18)23-9-11-24(12-10-23)20(26)16(14-22)13-15-5-7-17(25)8-6-15/h1-8,13,25H,9-12H2/b16-13+. The number of phenolic OH excluding ortho intramolecular Hbond substituents is 1. The van der Waals surface area contributed by atoms with E-state index >= 15 is 0 Å². The maximum absolute atomic E-state index is 13.9. The van der Waals surface area contributed by atoms with Gasteiger partial charge in [-0.1, -0.05) is 24.3 Å². The fraction of sp³-hybridized carbons (Fsp3) is 0.200. The zero-order valence-corrected chi connectivity index (χ0v) is 14.1. The summed E-state index contributed by atoms with van der Waals surface area (Å²) in [5.41, 5.74) is 1.23. The van der Waals surface area contributed by atoms with Crippen molar-refractivity contribution in [1.82, 2.24) is 4.90 Å². The van der Waals surface area contributed by atoms with Crippen LogP contribution in [0, 0.1) is 17.1 Å². The van der Waals surface area contributed by atoms with Gasteiger partial charge in [0, 0.05) is 26.2 Å². The average molecular weight is 351 g/mol. The number of phenols is 1. The molecule has 1 aliphatic rings. The summed E-state index contributed by atoms with van der Waals surface area (Å²) < 4.78 is 13.9. The third kappa shape index (κ3) is 3.83. The van der Waals surface area contributed by atoms with Crippen molar-refractivity contribution in [3.05, 3.63) is 65.5 Å². The number of benzene rings is 2. The van der Waals surface area contributed by atoms with E-state index < -0.39 is 0 Å². The van der Waals surface area contributed by atoms with Crippen LogP contribution in [0.5, 0.6) is 5.75 Å². The van der Waals surface area contributed by atoms with Gasteiger partial charge < -0.3 is 14.9 Å². The van der Waals surface area contributed by atoms with Crippen molar-refractivity contribution in [2.24, 2.45) is 0 Å². The van der Waals surface area contributed by atoms with Gasteiger partial charge in [0.2, 0.25) is 0 Å². The highest BCUT2D eigenvalue weighted by Crippen LogP contribution is 2.21. The minimum Gasteiger partial charge on any atom is -0.508 e. The van der Waals surface area contributed by atoms with Crippen LogP contribution in [-0.2, 0) is 4.79 Å². The Morgan fingerprint density at radius 3 is 2.35 bits per heavy atom. The SMILES string of the molecule is N#C/C(=C\c1ccc(O)cc1)C(=O)N1CCN(c2ccccc2F)CC1. The molecule has 1 heterocycles. The lowest BCUT2D eigenvalue weighted by molar-refractivity contribution is -0.126. The molecular weight excluding hydrogens is 333 g/mol. The number of carbonyl (C=O) groups is 1. The Hall–Kier alpha value is -3.33. The van der Waals surface area contributed by atoms with E-state index in [1.807, 2.05) is 11.0 Å². The smallest absolute Gasteiger partial charge is 0.264 e. The molecule has 2 aromatic carbocycles. The van der Waals surface area contributed by atoms with Crippen LogP contribution in [0.3, 0.4) is 0 Å². The Bertz CT molecular complexity index is 863. The maximum atomic E-state index is 13.9. The van der Waals surface area contributed by atoms with Gasteiger partial charge in [-0.05, 0) is 35.9 Å². The van der Waals surface area contributed by atoms with Gasteiger partial charge in [-0.2, -0.15) is 5.26 Å². The summed E-state index contributed by atoms with van der Waals surface area (Å²) in [6.07, 6.45) is 1.50. The van der Waals surface area contributed by atoms with Gasteiger partial charge in [-0.15, -0.1) is 0 Å².